The molecule has 1 unspecified atom stereocenters. The summed E-state index contributed by atoms with van der Waals surface area (Å²) in [5, 5.41) is 3.93. The summed E-state index contributed by atoms with van der Waals surface area (Å²) in [4.78, 5) is 2.81. The van der Waals surface area contributed by atoms with Gasteiger partial charge in [0.15, 0.2) is 0 Å². The zero-order chi connectivity index (χ0) is 14.1. The first-order valence-electron chi connectivity index (χ1n) is 8.31. The number of rotatable bonds is 3. The van der Waals surface area contributed by atoms with Crippen LogP contribution in [0.2, 0.25) is 0 Å². The molecule has 1 N–H and O–H groups in total. The number of hydrogen-bond acceptors (Lipinski definition) is 2. The number of piperazine rings is 1. The molecular formula is C17H34N2. The van der Waals surface area contributed by atoms with Crippen LogP contribution in [-0.2, 0) is 0 Å². The van der Waals surface area contributed by atoms with Gasteiger partial charge in [-0.3, -0.25) is 4.90 Å². The molecule has 1 saturated heterocycles. The highest BCUT2D eigenvalue weighted by Crippen LogP contribution is 2.36. The van der Waals surface area contributed by atoms with Crippen molar-refractivity contribution in [3.05, 3.63) is 0 Å². The van der Waals surface area contributed by atoms with Crippen molar-refractivity contribution in [3.63, 3.8) is 0 Å². The van der Waals surface area contributed by atoms with Gasteiger partial charge in [-0.05, 0) is 37.1 Å². The fraction of sp³-hybridized carbons (Fsp3) is 1.00. The van der Waals surface area contributed by atoms with Gasteiger partial charge in [-0.1, -0.05) is 47.5 Å². The topological polar surface area (TPSA) is 15.3 Å². The highest BCUT2D eigenvalue weighted by Gasteiger charge is 2.43. The third-order valence-corrected chi connectivity index (χ3v) is 5.17. The first-order valence-corrected chi connectivity index (χ1v) is 8.31. The van der Waals surface area contributed by atoms with Gasteiger partial charge in [-0.2, -0.15) is 0 Å². The quantitative estimate of drug-likeness (QED) is 0.838. The van der Waals surface area contributed by atoms with Crippen molar-refractivity contribution in [3.8, 4) is 0 Å². The molecule has 1 aliphatic heterocycles. The molecule has 2 heteroatoms. The lowest BCUT2D eigenvalue weighted by atomic mass is 9.81. The van der Waals surface area contributed by atoms with Gasteiger partial charge in [0.25, 0.3) is 0 Å². The molecular weight excluding hydrogens is 232 g/mol. The smallest absolute Gasteiger partial charge is 0.0309 e. The first kappa shape index (κ1) is 15.3. The van der Waals surface area contributed by atoms with Crippen LogP contribution in [0.1, 0.15) is 66.7 Å². The molecule has 0 radical (unpaired) electrons. The summed E-state index contributed by atoms with van der Waals surface area (Å²) in [6.07, 6.45) is 6.96. The maximum Gasteiger partial charge on any atom is 0.0309 e. The van der Waals surface area contributed by atoms with E-state index >= 15 is 0 Å². The minimum atomic E-state index is 0.379. The third-order valence-electron chi connectivity index (χ3n) is 5.17. The minimum absolute atomic E-state index is 0.379. The van der Waals surface area contributed by atoms with Gasteiger partial charge >= 0.3 is 0 Å². The number of hydrogen-bond donors (Lipinski definition) is 1. The summed E-state index contributed by atoms with van der Waals surface area (Å²) in [7, 11) is 0. The molecule has 2 rings (SSSR count). The van der Waals surface area contributed by atoms with Crippen LogP contribution in [0.4, 0.5) is 0 Å². The van der Waals surface area contributed by atoms with Crippen LogP contribution in [0.3, 0.4) is 0 Å². The van der Waals surface area contributed by atoms with Crippen LogP contribution in [0.5, 0.6) is 0 Å². The van der Waals surface area contributed by atoms with E-state index in [0.717, 1.165) is 5.92 Å². The molecule has 0 bridgehead atoms. The fourth-order valence-electron chi connectivity index (χ4n) is 3.90. The molecule has 0 aromatic rings. The Bertz CT molecular complexity index is 284. The molecule has 1 heterocycles. The molecule has 1 spiro atoms. The first-order chi connectivity index (χ1) is 8.82. The van der Waals surface area contributed by atoms with Crippen molar-refractivity contribution in [1.82, 2.24) is 10.2 Å². The Balaban J connectivity index is 2.04. The van der Waals surface area contributed by atoms with E-state index in [0.29, 0.717) is 17.0 Å². The molecule has 112 valence electrons. The van der Waals surface area contributed by atoms with E-state index in [-0.39, 0.29) is 0 Å². The van der Waals surface area contributed by atoms with Gasteiger partial charge in [0.2, 0.25) is 0 Å². The standard InChI is InChI=1S/C17H34N2/c1-14(2)8-11-19-13-17(9-6-7-10-17)18-12-15(19)16(3,4)5/h14-15,18H,6-13H2,1-5H3. The van der Waals surface area contributed by atoms with E-state index in [1.54, 1.807) is 0 Å². The van der Waals surface area contributed by atoms with E-state index in [4.69, 9.17) is 0 Å². The summed E-state index contributed by atoms with van der Waals surface area (Å²) in [6.45, 7) is 15.6. The molecule has 2 nitrogen and oxygen atoms in total. The maximum absolute atomic E-state index is 3.93. The van der Waals surface area contributed by atoms with E-state index in [2.05, 4.69) is 44.8 Å². The molecule has 1 aliphatic carbocycles. The van der Waals surface area contributed by atoms with Crippen LogP contribution in [0, 0.1) is 11.3 Å². The van der Waals surface area contributed by atoms with Gasteiger partial charge in [0, 0.05) is 24.7 Å². The average molecular weight is 266 g/mol. The summed E-state index contributed by atoms with van der Waals surface area (Å²) >= 11 is 0. The molecule has 0 aromatic heterocycles. The predicted octanol–water partition coefficient (Wildman–Crippen LogP) is 3.67. The fourth-order valence-corrected chi connectivity index (χ4v) is 3.90. The van der Waals surface area contributed by atoms with Crippen molar-refractivity contribution in [1.29, 1.82) is 0 Å². The molecule has 0 aromatic carbocycles. The second kappa shape index (κ2) is 5.73. The number of nitrogens with one attached hydrogen (secondary N) is 1. The van der Waals surface area contributed by atoms with Crippen LogP contribution < -0.4 is 5.32 Å². The molecule has 2 aliphatic rings. The lowest BCUT2D eigenvalue weighted by molar-refractivity contribution is 0.0210. The summed E-state index contributed by atoms with van der Waals surface area (Å²) in [5.41, 5.74) is 0.836. The Morgan fingerprint density at radius 2 is 1.84 bits per heavy atom. The van der Waals surface area contributed by atoms with Gasteiger partial charge in [-0.15, -0.1) is 0 Å². The van der Waals surface area contributed by atoms with Crippen molar-refractivity contribution in [2.24, 2.45) is 11.3 Å². The lowest BCUT2D eigenvalue weighted by Crippen LogP contribution is -2.66. The largest absolute Gasteiger partial charge is 0.308 e. The third kappa shape index (κ3) is 3.72. The molecule has 2 fully saturated rings. The predicted molar refractivity (Wildman–Crippen MR) is 83.5 cm³/mol. The van der Waals surface area contributed by atoms with Gasteiger partial charge in [-0.25, -0.2) is 0 Å². The highest BCUT2D eigenvalue weighted by atomic mass is 15.3. The lowest BCUT2D eigenvalue weighted by Gasteiger charge is -2.51. The van der Waals surface area contributed by atoms with E-state index in [9.17, 15) is 0 Å². The molecule has 1 saturated carbocycles. The normalized spacial score (nSPS) is 28.4. The van der Waals surface area contributed by atoms with Crippen molar-refractivity contribution in [2.45, 2.75) is 78.3 Å². The minimum Gasteiger partial charge on any atom is -0.308 e. The van der Waals surface area contributed by atoms with E-state index in [1.807, 2.05) is 0 Å². The highest BCUT2D eigenvalue weighted by molar-refractivity contribution is 5.03. The zero-order valence-electron chi connectivity index (χ0n) is 13.8. The Kier molecular flexibility index (Phi) is 4.62. The summed E-state index contributed by atoms with van der Waals surface area (Å²) in [6, 6.07) is 0.692. The van der Waals surface area contributed by atoms with Crippen LogP contribution >= 0.6 is 0 Å². The van der Waals surface area contributed by atoms with Crippen LogP contribution in [0.15, 0.2) is 0 Å². The average Bonchev–Trinajstić information content (AvgIpc) is 2.73. The van der Waals surface area contributed by atoms with Gasteiger partial charge in [0.05, 0.1) is 0 Å². The summed E-state index contributed by atoms with van der Waals surface area (Å²) < 4.78 is 0. The maximum atomic E-state index is 3.93. The van der Waals surface area contributed by atoms with Crippen molar-refractivity contribution >= 4 is 0 Å². The van der Waals surface area contributed by atoms with Gasteiger partial charge in [0.1, 0.15) is 0 Å². The second-order valence-corrected chi connectivity index (χ2v) is 8.40. The van der Waals surface area contributed by atoms with Crippen LogP contribution in [-0.4, -0.2) is 36.1 Å². The molecule has 1 atom stereocenters. The summed E-state index contributed by atoms with van der Waals surface area (Å²) in [5.74, 6) is 0.815. The Labute approximate surface area is 120 Å². The Hall–Kier alpha value is -0.0800. The Morgan fingerprint density at radius 3 is 2.37 bits per heavy atom. The SMILES string of the molecule is CC(C)CCN1CC2(CCCC2)NCC1C(C)(C)C. The van der Waals surface area contributed by atoms with Crippen molar-refractivity contribution < 1.29 is 0 Å². The molecule has 19 heavy (non-hydrogen) atoms. The zero-order valence-corrected chi connectivity index (χ0v) is 13.8. The van der Waals surface area contributed by atoms with Gasteiger partial charge < -0.3 is 5.32 Å². The van der Waals surface area contributed by atoms with E-state index < -0.39 is 0 Å². The Morgan fingerprint density at radius 1 is 1.21 bits per heavy atom. The molecule has 0 amide bonds. The second-order valence-electron chi connectivity index (χ2n) is 8.40. The van der Waals surface area contributed by atoms with Crippen LogP contribution in [0.25, 0.3) is 0 Å². The van der Waals surface area contributed by atoms with E-state index in [1.165, 1.54) is 51.7 Å². The number of nitrogens with zero attached hydrogens (tertiary/aromatic N) is 1. The monoisotopic (exact) mass is 266 g/mol. The van der Waals surface area contributed by atoms with Crippen molar-refractivity contribution in [2.75, 3.05) is 19.6 Å².